The van der Waals surface area contributed by atoms with Crippen molar-refractivity contribution >= 4 is 18.0 Å². The maximum atomic E-state index is 11.8. The maximum Gasteiger partial charge on any atom is 0.235 e. The van der Waals surface area contributed by atoms with Crippen LogP contribution in [0.2, 0.25) is 0 Å². The van der Waals surface area contributed by atoms with Gasteiger partial charge < -0.3 is 10.1 Å². The Morgan fingerprint density at radius 3 is 3.00 bits per heavy atom. The molecule has 0 aliphatic carbocycles. The number of carbonyl (C=O) groups is 2. The molecule has 0 saturated heterocycles. The summed E-state index contributed by atoms with van der Waals surface area (Å²) in [6.45, 7) is 1.99. The van der Waals surface area contributed by atoms with Gasteiger partial charge in [-0.05, 0) is 18.6 Å². The lowest BCUT2D eigenvalue weighted by Crippen LogP contribution is -2.41. The molecule has 0 fully saturated rings. The van der Waals surface area contributed by atoms with Gasteiger partial charge in [-0.2, -0.15) is 0 Å². The van der Waals surface area contributed by atoms with Crippen LogP contribution >= 0.6 is 0 Å². The highest BCUT2D eigenvalue weighted by Gasteiger charge is 2.33. The van der Waals surface area contributed by atoms with Crippen LogP contribution < -0.4 is 15.4 Å². The van der Waals surface area contributed by atoms with E-state index in [1.807, 2.05) is 31.2 Å². The average Bonchev–Trinajstić information content (AvgIpc) is 2.79. The molecule has 2 rings (SSSR count). The van der Waals surface area contributed by atoms with Gasteiger partial charge in [0.2, 0.25) is 12.3 Å². The summed E-state index contributed by atoms with van der Waals surface area (Å²) < 4.78 is 5.70. The average molecular weight is 248 g/mol. The van der Waals surface area contributed by atoms with Gasteiger partial charge in [0.15, 0.2) is 6.23 Å². The number of rotatable bonds is 5. The van der Waals surface area contributed by atoms with Gasteiger partial charge in [0.1, 0.15) is 5.75 Å². The SMILES string of the molecule is CCCC(C(=O)NC=O)C1Nc2ccccc2O1. The van der Waals surface area contributed by atoms with Gasteiger partial charge in [0, 0.05) is 0 Å². The number of hydrogen-bond donors (Lipinski definition) is 2. The van der Waals surface area contributed by atoms with Crippen LogP contribution in [0.25, 0.3) is 0 Å². The standard InChI is InChI=1S/C13H16N2O3/c1-2-5-9(12(17)14-8-16)13-15-10-6-3-4-7-11(10)18-13/h3-4,6-9,13,15H,2,5H2,1H3,(H,14,16,17). The molecule has 0 bridgehead atoms. The molecule has 2 amide bonds. The molecule has 1 aliphatic rings. The van der Waals surface area contributed by atoms with E-state index >= 15 is 0 Å². The summed E-state index contributed by atoms with van der Waals surface area (Å²) in [5, 5.41) is 5.35. The highest BCUT2D eigenvalue weighted by atomic mass is 16.5. The molecular formula is C13H16N2O3. The fourth-order valence-corrected chi connectivity index (χ4v) is 2.09. The normalized spacial score (nSPS) is 18.2. The Bertz CT molecular complexity index is 423. The monoisotopic (exact) mass is 248 g/mol. The molecule has 2 atom stereocenters. The van der Waals surface area contributed by atoms with Crippen LogP contribution in [-0.4, -0.2) is 18.5 Å². The smallest absolute Gasteiger partial charge is 0.235 e. The summed E-state index contributed by atoms with van der Waals surface area (Å²) in [7, 11) is 0. The van der Waals surface area contributed by atoms with Crippen molar-refractivity contribution in [3.63, 3.8) is 0 Å². The van der Waals surface area contributed by atoms with E-state index in [0.717, 1.165) is 17.9 Å². The number of para-hydroxylation sites is 2. The Kier molecular flexibility index (Phi) is 3.82. The fourth-order valence-electron chi connectivity index (χ4n) is 2.09. The van der Waals surface area contributed by atoms with Crippen molar-refractivity contribution in [3.8, 4) is 5.75 Å². The third kappa shape index (κ3) is 2.45. The van der Waals surface area contributed by atoms with Crippen molar-refractivity contribution in [3.05, 3.63) is 24.3 Å². The second-order valence-electron chi connectivity index (χ2n) is 4.20. The van der Waals surface area contributed by atoms with Crippen LogP contribution in [0.4, 0.5) is 5.69 Å². The van der Waals surface area contributed by atoms with Crippen LogP contribution in [0.15, 0.2) is 24.3 Å². The highest BCUT2D eigenvalue weighted by Crippen LogP contribution is 2.34. The zero-order valence-electron chi connectivity index (χ0n) is 10.2. The van der Waals surface area contributed by atoms with E-state index in [-0.39, 0.29) is 11.8 Å². The van der Waals surface area contributed by atoms with E-state index in [2.05, 4.69) is 10.6 Å². The van der Waals surface area contributed by atoms with Crippen LogP contribution in [0, 0.1) is 5.92 Å². The Labute approximate surface area is 106 Å². The minimum atomic E-state index is -0.415. The van der Waals surface area contributed by atoms with Gasteiger partial charge in [-0.3, -0.25) is 14.9 Å². The predicted octanol–water partition coefficient (Wildman–Crippen LogP) is 1.51. The summed E-state index contributed by atoms with van der Waals surface area (Å²) in [4.78, 5) is 22.2. The quantitative estimate of drug-likeness (QED) is 0.775. The Morgan fingerprint density at radius 2 is 2.33 bits per heavy atom. The second kappa shape index (κ2) is 5.53. The van der Waals surface area contributed by atoms with Crippen LogP contribution in [0.5, 0.6) is 5.75 Å². The first-order valence-electron chi connectivity index (χ1n) is 6.02. The minimum Gasteiger partial charge on any atom is -0.468 e. The molecule has 96 valence electrons. The van der Waals surface area contributed by atoms with E-state index in [1.165, 1.54) is 0 Å². The van der Waals surface area contributed by atoms with Crippen molar-refractivity contribution in [1.82, 2.24) is 5.32 Å². The topological polar surface area (TPSA) is 67.4 Å². The number of ether oxygens (including phenoxy) is 1. The molecule has 0 saturated carbocycles. The van der Waals surface area contributed by atoms with Crippen LogP contribution in [0.3, 0.4) is 0 Å². The van der Waals surface area contributed by atoms with Crippen LogP contribution in [0.1, 0.15) is 19.8 Å². The Morgan fingerprint density at radius 1 is 1.56 bits per heavy atom. The minimum absolute atomic E-state index is 0.308. The molecule has 1 heterocycles. The van der Waals surface area contributed by atoms with Gasteiger partial charge in [-0.15, -0.1) is 0 Å². The number of imide groups is 1. The summed E-state index contributed by atoms with van der Waals surface area (Å²) >= 11 is 0. The van der Waals surface area contributed by atoms with Crippen LogP contribution in [-0.2, 0) is 9.59 Å². The Balaban J connectivity index is 2.10. The zero-order valence-corrected chi connectivity index (χ0v) is 10.2. The highest BCUT2D eigenvalue weighted by molar-refractivity contribution is 5.88. The molecule has 0 aromatic heterocycles. The van der Waals surface area contributed by atoms with Crippen molar-refractivity contribution in [1.29, 1.82) is 0 Å². The second-order valence-corrected chi connectivity index (χ2v) is 4.20. The molecule has 0 spiro atoms. The summed E-state index contributed by atoms with van der Waals surface area (Å²) in [5.74, 6) is 0.0484. The number of benzene rings is 1. The van der Waals surface area contributed by atoms with Gasteiger partial charge in [0.05, 0.1) is 11.6 Å². The molecular weight excluding hydrogens is 232 g/mol. The summed E-state index contributed by atoms with van der Waals surface area (Å²) in [5.41, 5.74) is 0.877. The van der Waals surface area contributed by atoms with E-state index in [4.69, 9.17) is 4.74 Å². The van der Waals surface area contributed by atoms with Gasteiger partial charge in [0.25, 0.3) is 0 Å². The van der Waals surface area contributed by atoms with E-state index < -0.39 is 6.23 Å². The molecule has 1 aromatic carbocycles. The maximum absolute atomic E-state index is 11.8. The number of amides is 2. The lowest BCUT2D eigenvalue weighted by Gasteiger charge is -2.21. The third-order valence-corrected chi connectivity index (χ3v) is 2.94. The number of hydrogen-bond acceptors (Lipinski definition) is 4. The van der Waals surface area contributed by atoms with Crippen molar-refractivity contribution in [2.24, 2.45) is 5.92 Å². The van der Waals surface area contributed by atoms with Gasteiger partial charge in [-0.1, -0.05) is 25.5 Å². The largest absolute Gasteiger partial charge is 0.468 e. The molecule has 0 radical (unpaired) electrons. The van der Waals surface area contributed by atoms with E-state index in [1.54, 1.807) is 0 Å². The molecule has 18 heavy (non-hydrogen) atoms. The zero-order chi connectivity index (χ0) is 13.0. The first-order chi connectivity index (χ1) is 8.76. The summed E-state index contributed by atoms with van der Waals surface area (Å²) in [6.07, 6.45) is 1.50. The lowest BCUT2D eigenvalue weighted by molar-refractivity contribution is -0.130. The molecule has 1 aromatic rings. The summed E-state index contributed by atoms with van der Waals surface area (Å²) in [6, 6.07) is 7.53. The first kappa shape index (κ1) is 12.4. The van der Waals surface area contributed by atoms with E-state index in [0.29, 0.717) is 12.8 Å². The number of anilines is 1. The molecule has 5 heteroatoms. The number of carbonyl (C=O) groups excluding carboxylic acids is 2. The third-order valence-electron chi connectivity index (χ3n) is 2.94. The van der Waals surface area contributed by atoms with Crippen molar-refractivity contribution in [2.75, 3.05) is 5.32 Å². The lowest BCUT2D eigenvalue weighted by atomic mass is 10.0. The molecule has 5 nitrogen and oxygen atoms in total. The van der Waals surface area contributed by atoms with Gasteiger partial charge in [-0.25, -0.2) is 0 Å². The number of fused-ring (bicyclic) bond motifs is 1. The fraction of sp³-hybridized carbons (Fsp3) is 0.385. The Hall–Kier alpha value is -2.04. The van der Waals surface area contributed by atoms with Crippen molar-refractivity contribution in [2.45, 2.75) is 26.0 Å². The molecule has 2 unspecified atom stereocenters. The number of nitrogens with one attached hydrogen (secondary N) is 2. The predicted molar refractivity (Wildman–Crippen MR) is 67.1 cm³/mol. The van der Waals surface area contributed by atoms with Crippen molar-refractivity contribution < 1.29 is 14.3 Å². The van der Waals surface area contributed by atoms with Gasteiger partial charge >= 0.3 is 0 Å². The molecule has 1 aliphatic heterocycles. The van der Waals surface area contributed by atoms with E-state index in [9.17, 15) is 9.59 Å². The molecule has 2 N–H and O–H groups in total. The first-order valence-corrected chi connectivity index (χ1v) is 6.02.